The summed E-state index contributed by atoms with van der Waals surface area (Å²) in [7, 11) is 0. The number of para-hydroxylation sites is 1. The van der Waals surface area contributed by atoms with E-state index < -0.39 is 0 Å². The molecule has 1 aromatic carbocycles. The van der Waals surface area contributed by atoms with E-state index in [4.69, 9.17) is 15.5 Å². The van der Waals surface area contributed by atoms with Gasteiger partial charge in [0, 0.05) is 24.0 Å². The maximum Gasteiger partial charge on any atom is 0.151 e. The van der Waals surface area contributed by atoms with Crippen LogP contribution in [0.25, 0.3) is 10.4 Å². The molecule has 0 radical (unpaired) electrons. The summed E-state index contributed by atoms with van der Waals surface area (Å²) in [4.78, 5) is 2.65. The number of azide groups is 1. The van der Waals surface area contributed by atoms with Crippen molar-refractivity contribution in [1.29, 1.82) is 5.26 Å². The molecule has 6 nitrogen and oxygen atoms in total. The third-order valence-corrected chi connectivity index (χ3v) is 3.13. The normalized spacial score (nSPS) is 11.2. The van der Waals surface area contributed by atoms with Gasteiger partial charge >= 0.3 is 0 Å². The van der Waals surface area contributed by atoms with Crippen LogP contribution in [0, 0.1) is 17.2 Å². The number of hydrogen-bond acceptors (Lipinski definition) is 4. The van der Waals surface area contributed by atoms with Crippen molar-refractivity contribution in [2.45, 2.75) is 6.42 Å². The van der Waals surface area contributed by atoms with Gasteiger partial charge in [-0.1, -0.05) is 11.2 Å². The van der Waals surface area contributed by atoms with E-state index in [0.29, 0.717) is 28.8 Å². The highest BCUT2D eigenvalue weighted by molar-refractivity contribution is 9.10. The van der Waals surface area contributed by atoms with Gasteiger partial charge in [0.1, 0.15) is 6.07 Å². The number of hydrogen-bond donors (Lipinski definition) is 1. The maximum absolute atomic E-state index is 9.21. The molecule has 0 heterocycles. The van der Waals surface area contributed by atoms with Gasteiger partial charge in [-0.3, -0.25) is 0 Å². The minimum absolute atomic E-state index is 0.0622. The largest absolute Gasteiger partial charge is 0.491 e. The molecule has 100 valence electrons. The average Bonchev–Trinajstić information content (AvgIpc) is 2.43. The molecule has 0 saturated carbocycles. The van der Waals surface area contributed by atoms with Crippen LogP contribution in [0.2, 0.25) is 0 Å². The Morgan fingerprint density at radius 2 is 2.37 bits per heavy atom. The third-order valence-electron chi connectivity index (χ3n) is 2.51. The fourth-order valence-corrected chi connectivity index (χ4v) is 1.94. The molecule has 0 aliphatic heterocycles. The van der Waals surface area contributed by atoms with Crippen molar-refractivity contribution >= 4 is 15.9 Å². The standard InChI is InChI=1S/C12H13BrN4O2/c13-11-3-1-2-10(6-14)12(11)19-8-9(7-18)4-5-16-17-15/h1-3,9,18H,4-5,7-8H2. The fraction of sp³-hybridized carbons (Fsp3) is 0.417. The van der Waals surface area contributed by atoms with E-state index in [1.807, 2.05) is 6.07 Å². The zero-order valence-electron chi connectivity index (χ0n) is 10.2. The van der Waals surface area contributed by atoms with E-state index in [2.05, 4.69) is 26.0 Å². The minimum Gasteiger partial charge on any atom is -0.491 e. The zero-order chi connectivity index (χ0) is 14.1. The van der Waals surface area contributed by atoms with Crippen LogP contribution in [0.15, 0.2) is 27.8 Å². The molecule has 0 amide bonds. The zero-order valence-corrected chi connectivity index (χ0v) is 11.7. The summed E-state index contributed by atoms with van der Waals surface area (Å²) in [6.07, 6.45) is 0.535. The van der Waals surface area contributed by atoms with Crippen LogP contribution in [0.1, 0.15) is 12.0 Å². The first-order valence-electron chi connectivity index (χ1n) is 5.66. The number of benzene rings is 1. The van der Waals surface area contributed by atoms with E-state index >= 15 is 0 Å². The molecule has 0 aromatic heterocycles. The molecule has 1 atom stereocenters. The first kappa shape index (κ1) is 15.3. The number of ether oxygens (including phenoxy) is 1. The van der Waals surface area contributed by atoms with Gasteiger partial charge in [0.25, 0.3) is 0 Å². The van der Waals surface area contributed by atoms with Crippen LogP contribution in [-0.2, 0) is 0 Å². The topological polar surface area (TPSA) is 102 Å². The summed E-state index contributed by atoms with van der Waals surface area (Å²) in [5.74, 6) is 0.330. The van der Waals surface area contributed by atoms with Crippen molar-refractivity contribution in [2.75, 3.05) is 19.8 Å². The van der Waals surface area contributed by atoms with Gasteiger partial charge in [-0.05, 0) is 40.0 Å². The Balaban J connectivity index is 2.64. The van der Waals surface area contributed by atoms with Crippen molar-refractivity contribution in [1.82, 2.24) is 0 Å². The first-order valence-corrected chi connectivity index (χ1v) is 6.45. The molecule has 0 aliphatic carbocycles. The predicted molar refractivity (Wildman–Crippen MR) is 73.6 cm³/mol. The van der Waals surface area contributed by atoms with Crippen LogP contribution in [0.4, 0.5) is 0 Å². The van der Waals surface area contributed by atoms with E-state index in [1.165, 1.54) is 0 Å². The molecule has 1 aromatic rings. The highest BCUT2D eigenvalue weighted by Crippen LogP contribution is 2.29. The molecule has 19 heavy (non-hydrogen) atoms. The van der Waals surface area contributed by atoms with Crippen LogP contribution in [0.5, 0.6) is 5.75 Å². The fourth-order valence-electron chi connectivity index (χ4n) is 1.46. The molecular formula is C12H13BrN4O2. The Hall–Kier alpha value is -1.74. The predicted octanol–water partition coefficient (Wildman–Crippen LogP) is 3.01. The van der Waals surface area contributed by atoms with Gasteiger partial charge in [-0.15, -0.1) is 0 Å². The third kappa shape index (κ3) is 4.79. The van der Waals surface area contributed by atoms with Gasteiger partial charge in [-0.2, -0.15) is 5.26 Å². The van der Waals surface area contributed by atoms with E-state index in [1.54, 1.807) is 18.2 Å². The Morgan fingerprint density at radius 3 is 3.00 bits per heavy atom. The summed E-state index contributed by atoms with van der Waals surface area (Å²) in [5.41, 5.74) is 8.62. The molecular weight excluding hydrogens is 312 g/mol. The molecule has 0 bridgehead atoms. The lowest BCUT2D eigenvalue weighted by molar-refractivity contribution is 0.157. The molecule has 7 heteroatoms. The molecule has 1 unspecified atom stereocenters. The van der Waals surface area contributed by atoms with Crippen LogP contribution < -0.4 is 4.74 Å². The van der Waals surface area contributed by atoms with Crippen molar-refractivity contribution in [3.63, 3.8) is 0 Å². The van der Waals surface area contributed by atoms with E-state index in [0.717, 1.165) is 0 Å². The lowest BCUT2D eigenvalue weighted by Crippen LogP contribution is -2.17. The number of rotatable bonds is 7. The summed E-state index contributed by atoms with van der Waals surface area (Å²) >= 11 is 3.32. The van der Waals surface area contributed by atoms with Gasteiger partial charge in [0.15, 0.2) is 5.75 Å². The molecule has 0 saturated heterocycles. The minimum atomic E-state index is -0.135. The Kier molecular flexibility index (Phi) is 6.75. The van der Waals surface area contributed by atoms with Gasteiger partial charge in [-0.25, -0.2) is 0 Å². The van der Waals surface area contributed by atoms with Gasteiger partial charge in [0.05, 0.1) is 16.6 Å². The summed E-state index contributed by atoms with van der Waals surface area (Å²) < 4.78 is 6.27. The summed E-state index contributed by atoms with van der Waals surface area (Å²) in [6.45, 7) is 0.508. The van der Waals surface area contributed by atoms with Crippen molar-refractivity contribution in [2.24, 2.45) is 11.0 Å². The van der Waals surface area contributed by atoms with Crippen LogP contribution in [0.3, 0.4) is 0 Å². The smallest absolute Gasteiger partial charge is 0.151 e. The van der Waals surface area contributed by atoms with Crippen molar-refractivity contribution in [3.8, 4) is 11.8 Å². The molecule has 0 fully saturated rings. The quantitative estimate of drug-likeness (QED) is 0.473. The van der Waals surface area contributed by atoms with Crippen molar-refractivity contribution < 1.29 is 9.84 Å². The van der Waals surface area contributed by atoms with Gasteiger partial charge in [0.2, 0.25) is 0 Å². The number of aliphatic hydroxyl groups excluding tert-OH is 1. The SMILES string of the molecule is N#Cc1cccc(Br)c1OCC(CO)CCN=[N+]=[N-]. The molecule has 0 spiro atoms. The second kappa shape index (κ2) is 8.38. The molecule has 0 aliphatic rings. The van der Waals surface area contributed by atoms with Gasteiger partial charge < -0.3 is 9.84 Å². The highest BCUT2D eigenvalue weighted by atomic mass is 79.9. The Bertz CT molecular complexity index is 509. The number of halogens is 1. The van der Waals surface area contributed by atoms with Crippen LogP contribution >= 0.6 is 15.9 Å². The highest BCUT2D eigenvalue weighted by Gasteiger charge is 2.12. The second-order valence-corrected chi connectivity index (χ2v) is 4.69. The first-order chi connectivity index (χ1) is 9.22. The van der Waals surface area contributed by atoms with Crippen LogP contribution in [-0.4, -0.2) is 24.9 Å². The van der Waals surface area contributed by atoms with Crippen molar-refractivity contribution in [3.05, 3.63) is 38.7 Å². The summed E-state index contributed by atoms with van der Waals surface area (Å²) in [6, 6.07) is 7.24. The number of nitriles is 1. The lowest BCUT2D eigenvalue weighted by atomic mass is 10.1. The maximum atomic E-state index is 9.21. The van der Waals surface area contributed by atoms with E-state index in [9.17, 15) is 5.11 Å². The van der Waals surface area contributed by atoms with E-state index in [-0.39, 0.29) is 19.1 Å². The number of nitrogens with zero attached hydrogens (tertiary/aromatic N) is 4. The monoisotopic (exact) mass is 324 g/mol. The average molecular weight is 325 g/mol. The second-order valence-electron chi connectivity index (χ2n) is 3.83. The lowest BCUT2D eigenvalue weighted by Gasteiger charge is -2.15. The molecule has 1 N–H and O–H groups in total. The summed E-state index contributed by atoms with van der Waals surface area (Å²) in [5, 5.41) is 21.6. The Morgan fingerprint density at radius 1 is 1.58 bits per heavy atom. The number of aliphatic hydroxyl groups is 1. The molecule has 1 rings (SSSR count). The Labute approximate surface area is 119 Å².